The number of nitrogens with zero attached hydrogens (tertiary/aromatic N) is 3. The summed E-state index contributed by atoms with van der Waals surface area (Å²) < 4.78 is 6.50. The Morgan fingerprint density at radius 2 is 2.32 bits per heavy atom. The Balaban J connectivity index is 2.54. The summed E-state index contributed by atoms with van der Waals surface area (Å²) in [4.78, 5) is 25.9. The van der Waals surface area contributed by atoms with E-state index < -0.39 is 10.9 Å². The Morgan fingerprint density at radius 3 is 2.89 bits per heavy atom. The topological polar surface area (TPSA) is 87.3 Å². The minimum absolute atomic E-state index is 0.133. The van der Waals surface area contributed by atoms with Gasteiger partial charge in [-0.1, -0.05) is 0 Å². The molecule has 0 N–H and O–H groups in total. The summed E-state index contributed by atoms with van der Waals surface area (Å²) >= 11 is 0. The first kappa shape index (κ1) is 12.7. The quantitative estimate of drug-likeness (QED) is 0.477. The largest absolute Gasteiger partial charge is 0.462 e. The average molecular weight is 261 g/mol. The van der Waals surface area contributed by atoms with Gasteiger partial charge in [-0.25, -0.2) is 9.78 Å². The molecular weight excluding hydrogens is 250 g/mol. The molecular formula is C12H11N3O4. The van der Waals surface area contributed by atoms with Crippen LogP contribution in [0.25, 0.3) is 5.69 Å². The van der Waals surface area contributed by atoms with Gasteiger partial charge in [0.1, 0.15) is 0 Å². The van der Waals surface area contributed by atoms with Crippen LogP contribution in [-0.2, 0) is 4.74 Å². The second kappa shape index (κ2) is 5.30. The van der Waals surface area contributed by atoms with Gasteiger partial charge in [-0.15, -0.1) is 0 Å². The molecule has 0 saturated carbocycles. The number of non-ortho nitro benzene ring substituents is 1. The molecule has 0 fully saturated rings. The molecule has 98 valence electrons. The molecule has 2 aromatic rings. The number of carbonyl (C=O) groups is 1. The van der Waals surface area contributed by atoms with Crippen LogP contribution >= 0.6 is 0 Å². The van der Waals surface area contributed by atoms with E-state index in [0.29, 0.717) is 5.69 Å². The lowest BCUT2D eigenvalue weighted by Gasteiger charge is -2.09. The van der Waals surface area contributed by atoms with Gasteiger partial charge in [-0.2, -0.15) is 0 Å². The molecule has 1 heterocycles. The van der Waals surface area contributed by atoms with E-state index in [1.54, 1.807) is 23.9 Å². The van der Waals surface area contributed by atoms with Gasteiger partial charge in [-0.3, -0.25) is 10.1 Å². The van der Waals surface area contributed by atoms with Crippen molar-refractivity contribution in [1.29, 1.82) is 0 Å². The van der Waals surface area contributed by atoms with Crippen molar-refractivity contribution in [3.63, 3.8) is 0 Å². The van der Waals surface area contributed by atoms with Crippen LogP contribution in [0.1, 0.15) is 17.3 Å². The van der Waals surface area contributed by atoms with Gasteiger partial charge >= 0.3 is 5.97 Å². The van der Waals surface area contributed by atoms with Gasteiger partial charge in [0, 0.05) is 24.5 Å². The van der Waals surface area contributed by atoms with Gasteiger partial charge < -0.3 is 9.30 Å². The van der Waals surface area contributed by atoms with E-state index in [4.69, 9.17) is 4.74 Å². The minimum atomic E-state index is -0.602. The van der Waals surface area contributed by atoms with Crippen LogP contribution in [0.4, 0.5) is 5.69 Å². The number of hydrogen-bond donors (Lipinski definition) is 0. The van der Waals surface area contributed by atoms with Crippen molar-refractivity contribution in [2.75, 3.05) is 6.61 Å². The molecule has 0 aliphatic rings. The molecule has 0 unspecified atom stereocenters. The maximum absolute atomic E-state index is 11.9. The number of benzene rings is 1. The Kier molecular flexibility index (Phi) is 3.56. The molecule has 1 aromatic carbocycles. The van der Waals surface area contributed by atoms with Crippen LogP contribution in [0.5, 0.6) is 0 Å². The summed E-state index contributed by atoms with van der Waals surface area (Å²) in [6.45, 7) is 1.87. The first-order valence-electron chi connectivity index (χ1n) is 5.57. The van der Waals surface area contributed by atoms with E-state index in [-0.39, 0.29) is 17.9 Å². The second-order valence-corrected chi connectivity index (χ2v) is 3.65. The standard InChI is InChI=1S/C12H11N3O4/c1-2-19-12(16)10-7-9(15(17)18)3-4-11(10)14-6-5-13-8-14/h3-8H,2H2,1H3. The Labute approximate surface area is 108 Å². The zero-order valence-electron chi connectivity index (χ0n) is 10.1. The van der Waals surface area contributed by atoms with Crippen LogP contribution in [0, 0.1) is 10.1 Å². The van der Waals surface area contributed by atoms with E-state index in [9.17, 15) is 14.9 Å². The van der Waals surface area contributed by atoms with Gasteiger partial charge in [-0.05, 0) is 13.0 Å². The van der Waals surface area contributed by atoms with Crippen LogP contribution in [-0.4, -0.2) is 27.1 Å². The highest BCUT2D eigenvalue weighted by Gasteiger charge is 2.18. The van der Waals surface area contributed by atoms with Crippen LogP contribution < -0.4 is 0 Å². The molecule has 2 rings (SSSR count). The summed E-state index contributed by atoms with van der Waals surface area (Å²) in [5.74, 6) is -0.602. The van der Waals surface area contributed by atoms with E-state index in [2.05, 4.69) is 4.98 Å². The fourth-order valence-electron chi connectivity index (χ4n) is 1.64. The first-order valence-corrected chi connectivity index (χ1v) is 5.57. The Bertz CT molecular complexity index is 607. The number of ether oxygens (including phenoxy) is 1. The number of carbonyl (C=O) groups excluding carboxylic acids is 1. The first-order chi connectivity index (χ1) is 9.13. The number of nitro benzene ring substituents is 1. The lowest BCUT2D eigenvalue weighted by molar-refractivity contribution is -0.384. The number of hydrogen-bond acceptors (Lipinski definition) is 5. The molecule has 1 aromatic heterocycles. The van der Waals surface area contributed by atoms with Crippen LogP contribution in [0.2, 0.25) is 0 Å². The average Bonchev–Trinajstić information content (AvgIpc) is 2.92. The Morgan fingerprint density at radius 1 is 1.53 bits per heavy atom. The zero-order valence-corrected chi connectivity index (χ0v) is 10.1. The number of aromatic nitrogens is 2. The summed E-state index contributed by atoms with van der Waals surface area (Å²) in [7, 11) is 0. The van der Waals surface area contributed by atoms with Gasteiger partial charge in [0.05, 0.1) is 29.1 Å². The summed E-state index contributed by atoms with van der Waals surface area (Å²) in [5, 5.41) is 10.8. The van der Waals surface area contributed by atoms with Crippen molar-refractivity contribution in [3.8, 4) is 5.69 Å². The SMILES string of the molecule is CCOC(=O)c1cc([N+](=O)[O-])ccc1-n1ccnc1. The second-order valence-electron chi connectivity index (χ2n) is 3.65. The Hall–Kier alpha value is -2.70. The van der Waals surface area contributed by atoms with E-state index in [1.807, 2.05) is 0 Å². The molecule has 0 saturated heterocycles. The predicted molar refractivity (Wildman–Crippen MR) is 66.2 cm³/mol. The molecule has 19 heavy (non-hydrogen) atoms. The lowest BCUT2D eigenvalue weighted by atomic mass is 10.1. The third kappa shape index (κ3) is 2.59. The van der Waals surface area contributed by atoms with E-state index in [1.165, 1.54) is 24.5 Å². The van der Waals surface area contributed by atoms with Crippen LogP contribution in [0.15, 0.2) is 36.9 Å². The van der Waals surface area contributed by atoms with Crippen molar-refractivity contribution >= 4 is 11.7 Å². The molecule has 7 nitrogen and oxygen atoms in total. The van der Waals surface area contributed by atoms with Gasteiger partial charge in [0.25, 0.3) is 5.69 Å². The lowest BCUT2D eigenvalue weighted by Crippen LogP contribution is -2.09. The maximum Gasteiger partial charge on any atom is 0.340 e. The number of imidazole rings is 1. The molecule has 0 bridgehead atoms. The normalized spacial score (nSPS) is 10.2. The number of esters is 1. The van der Waals surface area contributed by atoms with Crippen molar-refractivity contribution in [1.82, 2.24) is 9.55 Å². The minimum Gasteiger partial charge on any atom is -0.462 e. The van der Waals surface area contributed by atoms with Crippen LogP contribution in [0.3, 0.4) is 0 Å². The third-order valence-electron chi connectivity index (χ3n) is 2.47. The zero-order chi connectivity index (χ0) is 13.8. The fourth-order valence-corrected chi connectivity index (χ4v) is 1.64. The maximum atomic E-state index is 11.9. The van der Waals surface area contributed by atoms with Gasteiger partial charge in [0.2, 0.25) is 0 Å². The monoisotopic (exact) mass is 261 g/mol. The summed E-state index contributed by atoms with van der Waals surface area (Å²) in [6, 6.07) is 4.03. The number of rotatable bonds is 4. The smallest absolute Gasteiger partial charge is 0.340 e. The summed E-state index contributed by atoms with van der Waals surface area (Å²) in [5.41, 5.74) is 0.461. The highest BCUT2D eigenvalue weighted by molar-refractivity contribution is 5.94. The molecule has 0 amide bonds. The molecule has 0 aliphatic carbocycles. The summed E-state index contributed by atoms with van der Waals surface area (Å²) in [6.07, 6.45) is 4.70. The van der Waals surface area contributed by atoms with Crippen molar-refractivity contribution in [2.45, 2.75) is 6.92 Å². The van der Waals surface area contributed by atoms with Crippen molar-refractivity contribution < 1.29 is 14.5 Å². The molecule has 0 aliphatic heterocycles. The van der Waals surface area contributed by atoms with E-state index in [0.717, 1.165) is 0 Å². The van der Waals surface area contributed by atoms with Gasteiger partial charge in [0.15, 0.2) is 0 Å². The molecule has 0 atom stereocenters. The third-order valence-corrected chi connectivity index (χ3v) is 2.47. The highest BCUT2D eigenvalue weighted by atomic mass is 16.6. The molecule has 0 radical (unpaired) electrons. The van der Waals surface area contributed by atoms with Crippen molar-refractivity contribution in [2.24, 2.45) is 0 Å². The van der Waals surface area contributed by atoms with Crippen molar-refractivity contribution in [3.05, 3.63) is 52.6 Å². The van der Waals surface area contributed by atoms with E-state index >= 15 is 0 Å². The fraction of sp³-hybridized carbons (Fsp3) is 0.167. The molecule has 7 heteroatoms. The highest BCUT2D eigenvalue weighted by Crippen LogP contribution is 2.22. The predicted octanol–water partition coefficient (Wildman–Crippen LogP) is 1.96. The number of nitro groups is 1. The molecule has 0 spiro atoms.